The van der Waals surface area contributed by atoms with Crippen LogP contribution in [0.4, 0.5) is 22.0 Å². The molecule has 2 rings (SSSR count). The Hall–Kier alpha value is -2.07. The topological polar surface area (TPSA) is 23.8 Å². The van der Waals surface area contributed by atoms with E-state index in [1.807, 2.05) is 0 Å². The Morgan fingerprint density at radius 2 is 1.67 bits per heavy atom. The molecular weight excluding hydrogens is 309 g/mol. The molecule has 0 unspecified atom stereocenters. The third-order valence-corrected chi connectivity index (χ3v) is 3.61. The van der Waals surface area contributed by atoms with Crippen LogP contribution in [0.2, 0.25) is 0 Å². The largest absolute Gasteiger partial charge is 0.416 e. The van der Waals surface area contributed by atoms with Crippen molar-refractivity contribution in [3.63, 3.8) is 0 Å². The third-order valence-electron chi connectivity index (χ3n) is 2.55. The zero-order valence-electron chi connectivity index (χ0n) is 10.2. The van der Waals surface area contributed by atoms with Gasteiger partial charge in [0.15, 0.2) is 11.6 Å². The maximum absolute atomic E-state index is 13.1. The molecule has 0 aliphatic carbocycles. The second-order valence-corrected chi connectivity index (χ2v) is 5.11. The molecule has 0 radical (unpaired) electrons. The van der Waals surface area contributed by atoms with Gasteiger partial charge < -0.3 is 0 Å². The van der Waals surface area contributed by atoms with Crippen LogP contribution < -0.4 is 0 Å². The molecule has 0 N–H and O–H groups in total. The van der Waals surface area contributed by atoms with Gasteiger partial charge >= 0.3 is 6.18 Å². The average Bonchev–Trinajstić information content (AvgIpc) is 2.42. The number of rotatable bonds is 2. The van der Waals surface area contributed by atoms with E-state index in [-0.39, 0.29) is 15.4 Å². The number of nitrogens with zero attached hydrogens (tertiary/aromatic N) is 1. The fourth-order valence-electron chi connectivity index (χ4n) is 1.55. The van der Waals surface area contributed by atoms with Crippen molar-refractivity contribution in [2.45, 2.75) is 16.0 Å². The first-order chi connectivity index (χ1) is 9.81. The van der Waals surface area contributed by atoms with E-state index in [0.29, 0.717) is 0 Å². The fraction of sp³-hybridized carbons (Fsp3) is 0.0714. The summed E-state index contributed by atoms with van der Waals surface area (Å²) in [5.74, 6) is -2.09. The van der Waals surface area contributed by atoms with Gasteiger partial charge in [-0.05, 0) is 36.4 Å². The van der Waals surface area contributed by atoms with E-state index in [4.69, 9.17) is 5.26 Å². The quantitative estimate of drug-likeness (QED) is 0.728. The zero-order valence-corrected chi connectivity index (χ0v) is 11.0. The van der Waals surface area contributed by atoms with Crippen LogP contribution >= 0.6 is 11.8 Å². The molecule has 108 valence electrons. The maximum Gasteiger partial charge on any atom is 0.416 e. The van der Waals surface area contributed by atoms with E-state index in [1.165, 1.54) is 6.07 Å². The zero-order chi connectivity index (χ0) is 15.6. The third kappa shape index (κ3) is 3.52. The minimum Gasteiger partial charge on any atom is -0.204 e. The summed E-state index contributed by atoms with van der Waals surface area (Å²) in [5, 5.41) is 8.92. The summed E-state index contributed by atoms with van der Waals surface area (Å²) in [7, 11) is 0. The van der Waals surface area contributed by atoms with E-state index in [0.717, 1.165) is 42.1 Å². The molecule has 0 aliphatic heterocycles. The van der Waals surface area contributed by atoms with Gasteiger partial charge in [-0.1, -0.05) is 11.8 Å². The molecular formula is C14H6F5NS. The Morgan fingerprint density at radius 3 is 2.24 bits per heavy atom. The Bertz CT molecular complexity index is 718. The van der Waals surface area contributed by atoms with E-state index >= 15 is 0 Å². The fourth-order valence-corrected chi connectivity index (χ4v) is 2.45. The van der Waals surface area contributed by atoms with E-state index < -0.39 is 23.4 Å². The summed E-state index contributed by atoms with van der Waals surface area (Å²) < 4.78 is 63.5. The van der Waals surface area contributed by atoms with Crippen LogP contribution in [0.3, 0.4) is 0 Å². The molecule has 0 amide bonds. The summed E-state index contributed by atoms with van der Waals surface area (Å²) in [5.41, 5.74) is -1.12. The van der Waals surface area contributed by atoms with Gasteiger partial charge in [-0.15, -0.1) is 0 Å². The molecule has 1 nitrogen and oxygen atoms in total. The van der Waals surface area contributed by atoms with Crippen LogP contribution in [0.25, 0.3) is 0 Å². The number of hydrogen-bond acceptors (Lipinski definition) is 2. The lowest BCUT2D eigenvalue weighted by Gasteiger charge is -2.09. The molecule has 21 heavy (non-hydrogen) atoms. The first kappa shape index (κ1) is 15.3. The van der Waals surface area contributed by atoms with E-state index in [9.17, 15) is 22.0 Å². The molecule has 0 saturated carbocycles. The van der Waals surface area contributed by atoms with Gasteiger partial charge in [0.2, 0.25) is 0 Å². The molecule has 7 heteroatoms. The second kappa shape index (κ2) is 5.74. The van der Waals surface area contributed by atoms with Crippen molar-refractivity contribution in [2.24, 2.45) is 0 Å². The Balaban J connectivity index is 2.36. The smallest absolute Gasteiger partial charge is 0.204 e. The normalized spacial score (nSPS) is 11.2. The molecule has 0 saturated heterocycles. The highest BCUT2D eigenvalue weighted by atomic mass is 32.2. The van der Waals surface area contributed by atoms with Gasteiger partial charge in [-0.3, -0.25) is 0 Å². The predicted octanol–water partition coefficient (Wildman–Crippen LogP) is 5.01. The first-order valence-corrected chi connectivity index (χ1v) is 6.37. The van der Waals surface area contributed by atoms with Crippen LogP contribution in [0.15, 0.2) is 46.2 Å². The summed E-state index contributed by atoms with van der Waals surface area (Å²) in [6.45, 7) is 0. The van der Waals surface area contributed by atoms with Gasteiger partial charge in [0.05, 0.1) is 11.1 Å². The number of nitriles is 1. The average molecular weight is 315 g/mol. The van der Waals surface area contributed by atoms with Crippen LogP contribution in [0.1, 0.15) is 11.1 Å². The molecule has 0 fully saturated rings. The van der Waals surface area contributed by atoms with Crippen molar-refractivity contribution in [2.75, 3.05) is 0 Å². The Kier molecular flexibility index (Phi) is 4.19. The molecule has 0 bridgehead atoms. The minimum atomic E-state index is -4.54. The summed E-state index contributed by atoms with van der Waals surface area (Å²) in [4.78, 5) is 0.515. The minimum absolute atomic E-state index is 0.181. The lowest BCUT2D eigenvalue weighted by molar-refractivity contribution is -0.137. The predicted molar refractivity (Wildman–Crippen MR) is 66.6 cm³/mol. The van der Waals surface area contributed by atoms with Gasteiger partial charge in [0, 0.05) is 9.79 Å². The monoisotopic (exact) mass is 315 g/mol. The highest BCUT2D eigenvalue weighted by molar-refractivity contribution is 7.99. The number of alkyl halides is 3. The SMILES string of the molecule is N#Cc1cc(C(F)(F)F)ccc1Sc1ccc(F)c(F)c1. The standard InChI is InChI=1S/C14H6F5NS/c15-11-3-2-10(6-12(11)16)21-13-4-1-9(14(17,18)19)5-8(13)7-20/h1-6H. The van der Waals surface area contributed by atoms with Crippen molar-refractivity contribution < 1.29 is 22.0 Å². The molecule has 0 aromatic heterocycles. The van der Waals surface area contributed by atoms with Crippen LogP contribution in [0, 0.1) is 23.0 Å². The van der Waals surface area contributed by atoms with Gasteiger partial charge in [0.1, 0.15) is 6.07 Å². The number of halogens is 5. The van der Waals surface area contributed by atoms with Crippen LogP contribution in [-0.4, -0.2) is 0 Å². The molecule has 0 atom stereocenters. The lowest BCUT2D eigenvalue weighted by Crippen LogP contribution is -2.05. The summed E-state index contributed by atoms with van der Waals surface area (Å²) in [6, 6.07) is 7.46. The molecule has 0 heterocycles. The summed E-state index contributed by atoms with van der Waals surface area (Å²) in [6.07, 6.45) is -4.54. The van der Waals surface area contributed by atoms with Crippen molar-refractivity contribution in [1.29, 1.82) is 5.26 Å². The lowest BCUT2D eigenvalue weighted by atomic mass is 10.1. The number of hydrogen-bond donors (Lipinski definition) is 0. The van der Waals surface area contributed by atoms with E-state index in [1.54, 1.807) is 6.07 Å². The second-order valence-electron chi connectivity index (χ2n) is 4.00. The maximum atomic E-state index is 13.1. The Labute approximate surface area is 121 Å². The van der Waals surface area contributed by atoms with Crippen LogP contribution in [0.5, 0.6) is 0 Å². The highest BCUT2D eigenvalue weighted by Crippen LogP contribution is 2.35. The molecule has 2 aromatic carbocycles. The van der Waals surface area contributed by atoms with Crippen molar-refractivity contribution in [3.05, 3.63) is 59.2 Å². The van der Waals surface area contributed by atoms with Gasteiger partial charge in [-0.25, -0.2) is 8.78 Å². The Morgan fingerprint density at radius 1 is 0.952 bits per heavy atom. The number of benzene rings is 2. The first-order valence-electron chi connectivity index (χ1n) is 5.55. The van der Waals surface area contributed by atoms with E-state index in [2.05, 4.69) is 0 Å². The van der Waals surface area contributed by atoms with Crippen molar-refractivity contribution in [1.82, 2.24) is 0 Å². The van der Waals surface area contributed by atoms with Crippen molar-refractivity contribution >= 4 is 11.8 Å². The summed E-state index contributed by atoms with van der Waals surface area (Å²) >= 11 is 0.884. The van der Waals surface area contributed by atoms with Gasteiger partial charge in [0.25, 0.3) is 0 Å². The van der Waals surface area contributed by atoms with Crippen molar-refractivity contribution in [3.8, 4) is 6.07 Å². The van der Waals surface area contributed by atoms with Crippen LogP contribution in [-0.2, 0) is 6.18 Å². The highest BCUT2D eigenvalue weighted by Gasteiger charge is 2.31. The van der Waals surface area contributed by atoms with Gasteiger partial charge in [-0.2, -0.15) is 18.4 Å². The molecule has 0 spiro atoms. The molecule has 2 aromatic rings. The molecule has 0 aliphatic rings.